The van der Waals surface area contributed by atoms with Gasteiger partial charge in [-0.25, -0.2) is 0 Å². The van der Waals surface area contributed by atoms with Crippen LogP contribution in [0.1, 0.15) is 18.9 Å². The van der Waals surface area contributed by atoms with Crippen LogP contribution in [0.25, 0.3) is 0 Å². The topological polar surface area (TPSA) is 6.48 Å². The molecule has 1 saturated heterocycles. The molecule has 82 valence electrons. The van der Waals surface area contributed by atoms with E-state index in [1.165, 1.54) is 30.8 Å². The third-order valence-electron chi connectivity index (χ3n) is 3.18. The first-order valence-electron chi connectivity index (χ1n) is 5.84. The van der Waals surface area contributed by atoms with Gasteiger partial charge in [0.15, 0.2) is 0 Å². The molecule has 2 nitrogen and oxygen atoms in total. The Hall–Kier alpha value is -1.02. The van der Waals surface area contributed by atoms with E-state index in [1.807, 2.05) is 0 Å². The normalized spacial score (nSPS) is 18.1. The molecule has 15 heavy (non-hydrogen) atoms. The van der Waals surface area contributed by atoms with Crippen LogP contribution < -0.4 is 4.90 Å². The minimum absolute atomic E-state index is 1.08. The van der Waals surface area contributed by atoms with Crippen LogP contribution in [0.3, 0.4) is 0 Å². The summed E-state index contributed by atoms with van der Waals surface area (Å²) >= 11 is 0. The number of para-hydroxylation sites is 1. The molecule has 0 amide bonds. The Kier molecular flexibility index (Phi) is 3.27. The van der Waals surface area contributed by atoms with Crippen LogP contribution in [-0.2, 0) is 0 Å². The van der Waals surface area contributed by atoms with Crippen molar-refractivity contribution in [2.45, 2.75) is 20.3 Å². The number of anilines is 1. The Balaban J connectivity index is 2.13. The fourth-order valence-corrected chi connectivity index (χ4v) is 2.24. The molecular weight excluding hydrogens is 184 g/mol. The van der Waals surface area contributed by atoms with Gasteiger partial charge in [0.1, 0.15) is 0 Å². The molecule has 0 bridgehead atoms. The van der Waals surface area contributed by atoms with Crippen LogP contribution >= 0.6 is 0 Å². The SMILES string of the molecule is CCN1CCCN(c2ccccc2C)C1. The summed E-state index contributed by atoms with van der Waals surface area (Å²) in [5.74, 6) is 0. The quantitative estimate of drug-likeness (QED) is 0.730. The van der Waals surface area contributed by atoms with E-state index in [9.17, 15) is 0 Å². The van der Waals surface area contributed by atoms with Crippen LogP contribution in [0.5, 0.6) is 0 Å². The molecule has 1 aliphatic rings. The van der Waals surface area contributed by atoms with E-state index in [0.29, 0.717) is 0 Å². The molecule has 2 heteroatoms. The van der Waals surface area contributed by atoms with E-state index in [0.717, 1.165) is 13.2 Å². The lowest BCUT2D eigenvalue weighted by atomic mass is 10.1. The molecule has 0 saturated carbocycles. The van der Waals surface area contributed by atoms with Crippen LogP contribution in [0.4, 0.5) is 5.69 Å². The van der Waals surface area contributed by atoms with Gasteiger partial charge in [-0.15, -0.1) is 0 Å². The molecule has 1 heterocycles. The molecule has 1 aromatic rings. The first-order chi connectivity index (χ1) is 7.31. The monoisotopic (exact) mass is 204 g/mol. The van der Waals surface area contributed by atoms with Gasteiger partial charge < -0.3 is 4.90 Å². The van der Waals surface area contributed by atoms with Gasteiger partial charge in [0.2, 0.25) is 0 Å². The summed E-state index contributed by atoms with van der Waals surface area (Å²) in [7, 11) is 0. The van der Waals surface area contributed by atoms with Crippen molar-refractivity contribution in [1.29, 1.82) is 0 Å². The summed E-state index contributed by atoms with van der Waals surface area (Å²) < 4.78 is 0. The molecule has 0 aliphatic carbocycles. The average molecular weight is 204 g/mol. The Morgan fingerprint density at radius 2 is 2.00 bits per heavy atom. The molecule has 0 aromatic heterocycles. The Bertz CT molecular complexity index is 322. The minimum atomic E-state index is 1.08. The summed E-state index contributed by atoms with van der Waals surface area (Å²) in [6.07, 6.45) is 1.28. The highest BCUT2D eigenvalue weighted by Crippen LogP contribution is 2.21. The first kappa shape index (κ1) is 10.5. The second-order valence-electron chi connectivity index (χ2n) is 4.26. The van der Waals surface area contributed by atoms with Gasteiger partial charge in [0.25, 0.3) is 0 Å². The number of hydrogen-bond donors (Lipinski definition) is 0. The highest BCUT2D eigenvalue weighted by Gasteiger charge is 2.16. The fourth-order valence-electron chi connectivity index (χ4n) is 2.24. The predicted octanol–water partition coefficient (Wildman–Crippen LogP) is 2.48. The molecule has 1 aromatic carbocycles. The predicted molar refractivity (Wildman–Crippen MR) is 65.3 cm³/mol. The smallest absolute Gasteiger partial charge is 0.0707 e. The molecule has 2 rings (SSSR count). The molecule has 0 unspecified atom stereocenters. The van der Waals surface area contributed by atoms with Crippen LogP contribution in [0.15, 0.2) is 24.3 Å². The maximum atomic E-state index is 2.50. The van der Waals surface area contributed by atoms with Gasteiger partial charge in [-0.05, 0) is 31.5 Å². The number of aryl methyl sites for hydroxylation is 1. The zero-order valence-electron chi connectivity index (χ0n) is 9.74. The van der Waals surface area contributed by atoms with E-state index in [1.54, 1.807) is 0 Å². The lowest BCUT2D eigenvalue weighted by Crippen LogP contribution is -2.44. The second-order valence-corrected chi connectivity index (χ2v) is 4.26. The summed E-state index contributed by atoms with van der Waals surface area (Å²) in [5.41, 5.74) is 2.78. The highest BCUT2D eigenvalue weighted by atomic mass is 15.3. The van der Waals surface area contributed by atoms with Crippen molar-refractivity contribution in [2.75, 3.05) is 31.2 Å². The molecule has 0 spiro atoms. The molecule has 1 aliphatic heterocycles. The second kappa shape index (κ2) is 4.67. The van der Waals surface area contributed by atoms with Crippen molar-refractivity contribution in [1.82, 2.24) is 4.90 Å². The molecule has 1 fully saturated rings. The maximum Gasteiger partial charge on any atom is 0.0707 e. The van der Waals surface area contributed by atoms with E-state index in [-0.39, 0.29) is 0 Å². The van der Waals surface area contributed by atoms with Crippen molar-refractivity contribution >= 4 is 5.69 Å². The molecule has 0 atom stereocenters. The summed E-state index contributed by atoms with van der Waals surface area (Å²) in [6, 6.07) is 8.67. The zero-order chi connectivity index (χ0) is 10.7. The lowest BCUT2D eigenvalue weighted by Gasteiger charge is -2.37. The van der Waals surface area contributed by atoms with E-state index in [4.69, 9.17) is 0 Å². The summed E-state index contributed by atoms with van der Waals surface area (Å²) in [4.78, 5) is 4.98. The van der Waals surface area contributed by atoms with E-state index >= 15 is 0 Å². The fraction of sp³-hybridized carbons (Fsp3) is 0.538. The van der Waals surface area contributed by atoms with E-state index in [2.05, 4.69) is 47.9 Å². The number of hydrogen-bond acceptors (Lipinski definition) is 2. The average Bonchev–Trinajstić information content (AvgIpc) is 2.30. The standard InChI is InChI=1S/C13H20N2/c1-3-14-9-6-10-15(11-14)13-8-5-4-7-12(13)2/h4-5,7-8H,3,6,9-11H2,1-2H3. The Labute approximate surface area is 92.5 Å². The Morgan fingerprint density at radius 1 is 1.20 bits per heavy atom. The van der Waals surface area contributed by atoms with Crippen molar-refractivity contribution in [2.24, 2.45) is 0 Å². The third kappa shape index (κ3) is 2.32. The van der Waals surface area contributed by atoms with Gasteiger partial charge in [-0.1, -0.05) is 25.1 Å². The summed E-state index contributed by atoms with van der Waals surface area (Å²) in [5, 5.41) is 0. The van der Waals surface area contributed by atoms with Crippen molar-refractivity contribution < 1.29 is 0 Å². The summed E-state index contributed by atoms with van der Waals surface area (Å²) in [6.45, 7) is 9.12. The number of benzene rings is 1. The highest BCUT2D eigenvalue weighted by molar-refractivity contribution is 5.53. The van der Waals surface area contributed by atoms with Crippen molar-refractivity contribution in [3.8, 4) is 0 Å². The molecule has 0 N–H and O–H groups in total. The number of rotatable bonds is 2. The largest absolute Gasteiger partial charge is 0.358 e. The van der Waals surface area contributed by atoms with Gasteiger partial charge in [-0.2, -0.15) is 0 Å². The molecule has 0 radical (unpaired) electrons. The van der Waals surface area contributed by atoms with Crippen LogP contribution in [-0.4, -0.2) is 31.2 Å². The first-order valence-corrected chi connectivity index (χ1v) is 5.84. The van der Waals surface area contributed by atoms with Crippen molar-refractivity contribution in [3.05, 3.63) is 29.8 Å². The van der Waals surface area contributed by atoms with Gasteiger partial charge in [0.05, 0.1) is 6.67 Å². The zero-order valence-corrected chi connectivity index (χ0v) is 9.74. The van der Waals surface area contributed by atoms with Crippen molar-refractivity contribution in [3.63, 3.8) is 0 Å². The minimum Gasteiger partial charge on any atom is -0.358 e. The lowest BCUT2D eigenvalue weighted by molar-refractivity contribution is 0.253. The molecular formula is C13H20N2. The van der Waals surface area contributed by atoms with Gasteiger partial charge in [-0.3, -0.25) is 4.90 Å². The van der Waals surface area contributed by atoms with E-state index < -0.39 is 0 Å². The van der Waals surface area contributed by atoms with Gasteiger partial charge >= 0.3 is 0 Å². The Morgan fingerprint density at radius 3 is 2.73 bits per heavy atom. The maximum absolute atomic E-state index is 2.50. The number of nitrogens with zero attached hydrogens (tertiary/aromatic N) is 2. The van der Waals surface area contributed by atoms with Crippen LogP contribution in [0.2, 0.25) is 0 Å². The van der Waals surface area contributed by atoms with Crippen LogP contribution in [0, 0.1) is 6.92 Å². The third-order valence-corrected chi connectivity index (χ3v) is 3.18. The van der Waals surface area contributed by atoms with Gasteiger partial charge in [0, 0.05) is 18.8 Å².